The van der Waals surface area contributed by atoms with E-state index in [-0.39, 0.29) is 57.7 Å². The molecule has 0 aromatic rings. The van der Waals surface area contributed by atoms with Crippen molar-refractivity contribution in [3.63, 3.8) is 0 Å². The molecule has 2 spiro atoms. The van der Waals surface area contributed by atoms with Crippen molar-refractivity contribution in [2.45, 2.75) is 194 Å². The Morgan fingerprint density at radius 3 is 2.13 bits per heavy atom. The number of nitrogens with two attached hydrogens (primary N) is 1. The normalized spacial score (nSPS) is 29.5. The summed E-state index contributed by atoms with van der Waals surface area (Å²) in [6, 6.07) is -2.71. The van der Waals surface area contributed by atoms with E-state index in [1.54, 1.807) is 4.90 Å². The number of likely N-dealkylation sites (tertiary alicyclic amines) is 2. The lowest BCUT2D eigenvalue weighted by Gasteiger charge is -2.37. The molecule has 6 N–H and O–H groups in total. The molecular formula is C43H72N8O4. The Morgan fingerprint density at radius 2 is 1.58 bits per heavy atom. The maximum Gasteiger partial charge on any atom is 0.267 e. The maximum absolute atomic E-state index is 15.2. The quantitative estimate of drug-likeness (QED) is 0.122. The molecule has 4 amide bonds. The molecule has 6 aliphatic rings. The molecule has 0 aromatic heterocycles. The first-order valence-corrected chi connectivity index (χ1v) is 21.8. The monoisotopic (exact) mass is 765 g/mol. The molecule has 2 aliphatic heterocycles. The fourth-order valence-corrected chi connectivity index (χ4v) is 11.4. The number of hydrogen-bond donors (Lipinski definition) is 5. The van der Waals surface area contributed by atoms with Crippen molar-refractivity contribution in [2.75, 3.05) is 13.1 Å². The van der Waals surface area contributed by atoms with Crippen LogP contribution in [-0.2, 0) is 19.2 Å². The van der Waals surface area contributed by atoms with Crippen LogP contribution in [0, 0.1) is 33.0 Å². The van der Waals surface area contributed by atoms with Gasteiger partial charge in [-0.25, -0.2) is 0 Å². The van der Waals surface area contributed by atoms with Crippen LogP contribution >= 0.6 is 0 Å². The van der Waals surface area contributed by atoms with E-state index in [9.17, 15) is 14.4 Å². The fourth-order valence-electron chi connectivity index (χ4n) is 11.4. The van der Waals surface area contributed by atoms with Gasteiger partial charge in [-0.1, -0.05) is 73.6 Å². The van der Waals surface area contributed by atoms with Gasteiger partial charge in [-0.05, 0) is 107 Å². The molecule has 55 heavy (non-hydrogen) atoms. The Balaban J connectivity index is 1.28. The van der Waals surface area contributed by atoms with Crippen LogP contribution in [0.3, 0.4) is 0 Å². The summed E-state index contributed by atoms with van der Waals surface area (Å²) in [5, 5.41) is 17.9. The van der Waals surface area contributed by atoms with E-state index < -0.39 is 35.5 Å². The highest BCUT2D eigenvalue weighted by atomic mass is 16.2. The molecule has 1 unspecified atom stereocenters. The van der Waals surface area contributed by atoms with Gasteiger partial charge in [-0.3, -0.25) is 34.5 Å². The Kier molecular flexibility index (Phi) is 11.9. The van der Waals surface area contributed by atoms with Gasteiger partial charge in [0.05, 0.1) is 12.1 Å². The molecule has 2 saturated heterocycles. The van der Waals surface area contributed by atoms with Crippen molar-refractivity contribution in [1.29, 1.82) is 5.41 Å². The number of carbonyl (C=O) groups excluding carboxylic acids is 4. The third-order valence-electron chi connectivity index (χ3n) is 15.1. The summed E-state index contributed by atoms with van der Waals surface area (Å²) in [7, 11) is 0. The molecule has 2 heterocycles. The van der Waals surface area contributed by atoms with Crippen molar-refractivity contribution in [3.8, 4) is 0 Å². The molecule has 6 fully saturated rings. The van der Waals surface area contributed by atoms with Gasteiger partial charge in [0.25, 0.3) is 5.91 Å². The molecule has 0 bridgehead atoms. The molecule has 0 radical (unpaired) electrons. The first kappa shape index (κ1) is 41.6. The average Bonchev–Trinajstić information content (AvgIpc) is 3.78. The summed E-state index contributed by atoms with van der Waals surface area (Å²) in [6.45, 7) is 18.2. The number of hydrogen-bond acceptors (Lipinski definition) is 7. The van der Waals surface area contributed by atoms with Crippen LogP contribution in [0.1, 0.15) is 152 Å². The van der Waals surface area contributed by atoms with Crippen LogP contribution in [0.15, 0.2) is 4.99 Å². The minimum absolute atomic E-state index is 0.00230. The fraction of sp³-hybridized carbons (Fsp3) is 0.860. The van der Waals surface area contributed by atoms with E-state index in [4.69, 9.17) is 16.1 Å². The molecule has 6 rings (SSSR count). The Hall–Kier alpha value is -3.02. The molecule has 6 atom stereocenters. The zero-order valence-electron chi connectivity index (χ0n) is 35.2. The van der Waals surface area contributed by atoms with E-state index in [0.29, 0.717) is 37.7 Å². The largest absolute Gasteiger partial charge is 0.386 e. The lowest BCUT2D eigenvalue weighted by atomic mass is 9.73. The summed E-state index contributed by atoms with van der Waals surface area (Å²) < 4.78 is 0. The van der Waals surface area contributed by atoms with Crippen LogP contribution in [0.25, 0.3) is 0 Å². The lowest BCUT2D eigenvalue weighted by Crippen LogP contribution is -2.60. The summed E-state index contributed by atoms with van der Waals surface area (Å²) in [4.78, 5) is 66.5. The summed E-state index contributed by atoms with van der Waals surface area (Å²) in [6.07, 6.45) is 13.7. The number of amides is 4. The van der Waals surface area contributed by atoms with Crippen molar-refractivity contribution in [1.82, 2.24) is 25.8 Å². The summed E-state index contributed by atoms with van der Waals surface area (Å²) in [5.41, 5.74) is 5.79. The van der Waals surface area contributed by atoms with Gasteiger partial charge in [0.2, 0.25) is 17.7 Å². The van der Waals surface area contributed by atoms with Gasteiger partial charge < -0.3 is 26.6 Å². The second-order valence-electron chi connectivity index (χ2n) is 20.0. The highest BCUT2D eigenvalue weighted by Gasteiger charge is 2.85. The maximum atomic E-state index is 15.2. The third kappa shape index (κ3) is 7.71. The number of fused-ring (bicyclic) bond motifs is 1. The Morgan fingerprint density at radius 1 is 0.909 bits per heavy atom. The lowest BCUT2D eigenvalue weighted by molar-refractivity contribution is -0.144. The van der Waals surface area contributed by atoms with Crippen LogP contribution in [0.5, 0.6) is 0 Å². The molecule has 0 aromatic carbocycles. The first-order valence-electron chi connectivity index (χ1n) is 21.8. The van der Waals surface area contributed by atoms with E-state index in [1.807, 2.05) is 27.7 Å². The van der Waals surface area contributed by atoms with Gasteiger partial charge in [0.1, 0.15) is 29.7 Å². The number of rotatable bonds is 14. The van der Waals surface area contributed by atoms with Crippen LogP contribution in [0.4, 0.5) is 0 Å². The highest BCUT2D eigenvalue weighted by molar-refractivity contribution is 6.40. The number of carbonyl (C=O) groups is 4. The van der Waals surface area contributed by atoms with Crippen LogP contribution in [0.2, 0.25) is 0 Å². The molecule has 4 aliphatic carbocycles. The van der Waals surface area contributed by atoms with E-state index in [2.05, 4.69) is 48.5 Å². The summed E-state index contributed by atoms with van der Waals surface area (Å²) >= 11 is 0. The standard InChI is InChI=1S/C43H72N8O4/c1-9-15-29(32(44)37(53)46-28-19-20-28)47-36(52)31-24-43(41(7,8)42(43)21-14-22-42)25-51(31)39(55)34(40(4,5)6)49-38(54)33(27-16-11-10-12-17-27)48-35(45)30-18-13-23-50(30)26(2)3/h26-31,33-34,44H,9-25H2,1-8H3,(H2,45,48)(H,46,53)(H,47,52)(H,49,54)/t29-,30+,31-,33?,34+,43+/m0/s1. The number of amidine groups is 1. The van der Waals surface area contributed by atoms with Crippen molar-refractivity contribution < 1.29 is 19.2 Å². The molecule has 12 heteroatoms. The zero-order chi connectivity index (χ0) is 40.1. The number of aliphatic imine (C=N–C) groups is 1. The van der Waals surface area contributed by atoms with Gasteiger partial charge in [-0.15, -0.1) is 0 Å². The highest BCUT2D eigenvalue weighted by Crippen LogP contribution is 2.88. The number of nitrogens with one attached hydrogen (secondary N) is 4. The predicted octanol–water partition coefficient (Wildman–Crippen LogP) is 5.08. The molecular weight excluding hydrogens is 693 g/mol. The minimum atomic E-state index is -0.903. The van der Waals surface area contributed by atoms with Crippen molar-refractivity contribution >= 4 is 35.2 Å². The topological polar surface area (TPSA) is 173 Å². The second kappa shape index (κ2) is 15.7. The molecule has 4 saturated carbocycles. The second-order valence-corrected chi connectivity index (χ2v) is 20.0. The van der Waals surface area contributed by atoms with Gasteiger partial charge in [-0.2, -0.15) is 0 Å². The summed E-state index contributed by atoms with van der Waals surface area (Å²) in [5.74, 6) is -0.748. The zero-order valence-corrected chi connectivity index (χ0v) is 35.2. The van der Waals surface area contributed by atoms with Gasteiger partial charge in [0.15, 0.2) is 0 Å². The van der Waals surface area contributed by atoms with Crippen molar-refractivity contribution in [3.05, 3.63) is 0 Å². The van der Waals surface area contributed by atoms with Crippen LogP contribution < -0.4 is 21.7 Å². The molecule has 308 valence electrons. The predicted molar refractivity (Wildman–Crippen MR) is 217 cm³/mol. The first-order chi connectivity index (χ1) is 25.9. The van der Waals surface area contributed by atoms with Gasteiger partial charge in [0, 0.05) is 24.0 Å². The Bertz CT molecular complexity index is 1520. The number of nitrogens with zero attached hydrogens (tertiary/aromatic N) is 3. The average molecular weight is 765 g/mol. The minimum Gasteiger partial charge on any atom is -0.386 e. The van der Waals surface area contributed by atoms with E-state index >= 15 is 4.79 Å². The van der Waals surface area contributed by atoms with Gasteiger partial charge >= 0.3 is 0 Å². The molecule has 12 nitrogen and oxygen atoms in total. The van der Waals surface area contributed by atoms with Crippen molar-refractivity contribution in [2.24, 2.45) is 38.3 Å². The SMILES string of the molecule is CCC[C@H](NC(=O)[C@@H]1C[C@@]2(CN1C(=O)[C@@H](NC(=O)C(N=C(N)[C@H]1CCCN1C(C)C)C1CCCCC1)C(C)(C)C)C(C)(C)C21CCC1)C(=N)C(=O)NC1CC1. The smallest absolute Gasteiger partial charge is 0.267 e. The van der Waals surface area contributed by atoms with E-state index in [1.165, 1.54) is 0 Å². The third-order valence-corrected chi connectivity index (χ3v) is 15.1. The van der Waals surface area contributed by atoms with Crippen LogP contribution in [-0.4, -0.2) is 100 Å². The van der Waals surface area contributed by atoms with E-state index in [0.717, 1.165) is 83.6 Å². The Labute approximate surface area is 330 Å².